The third-order valence-corrected chi connectivity index (χ3v) is 3.55. The fourth-order valence-corrected chi connectivity index (χ4v) is 1.87. The zero-order chi connectivity index (χ0) is 14.4. The molecule has 0 spiro atoms. The van der Waals surface area contributed by atoms with Crippen LogP contribution in [0.25, 0.3) is 0 Å². The van der Waals surface area contributed by atoms with Gasteiger partial charge in [0.15, 0.2) is 0 Å². The summed E-state index contributed by atoms with van der Waals surface area (Å²) < 4.78 is 0. The zero-order valence-corrected chi connectivity index (χ0v) is 12.0. The number of carboxylic acids is 1. The number of benzene rings is 1. The molecular weight excluding hydrogens is 264 g/mol. The summed E-state index contributed by atoms with van der Waals surface area (Å²) in [6.07, 6.45) is 1.95. The second-order valence-electron chi connectivity index (χ2n) is 4.25. The largest absolute Gasteiger partial charge is 0.481 e. The summed E-state index contributed by atoms with van der Waals surface area (Å²) in [7, 11) is 0. The van der Waals surface area contributed by atoms with Crippen LogP contribution in [0.3, 0.4) is 0 Å². The van der Waals surface area contributed by atoms with Crippen molar-refractivity contribution in [3.63, 3.8) is 0 Å². The summed E-state index contributed by atoms with van der Waals surface area (Å²) in [6.45, 7) is 3.22. The first-order chi connectivity index (χ1) is 8.93. The number of hydrogen-bond donors (Lipinski definition) is 3. The maximum Gasteiger partial charge on any atom is 0.319 e. The van der Waals surface area contributed by atoms with Crippen molar-refractivity contribution in [2.24, 2.45) is 5.92 Å². The molecule has 104 valence electrons. The molecule has 19 heavy (non-hydrogen) atoms. The average Bonchev–Trinajstić information content (AvgIpc) is 2.37. The first-order valence-corrected chi connectivity index (χ1v) is 7.11. The van der Waals surface area contributed by atoms with Crippen LogP contribution in [0, 0.1) is 5.92 Å². The summed E-state index contributed by atoms with van der Waals surface area (Å²) in [4.78, 5) is 23.6. The third kappa shape index (κ3) is 4.82. The Morgan fingerprint density at radius 1 is 1.32 bits per heavy atom. The monoisotopic (exact) mass is 282 g/mol. The minimum atomic E-state index is -0.933. The molecular formula is C13H18N2O3S. The number of carbonyl (C=O) groups is 2. The molecule has 3 N–H and O–H groups in total. The number of hydrogen-bond acceptors (Lipinski definition) is 3. The van der Waals surface area contributed by atoms with Crippen LogP contribution in [-0.4, -0.2) is 29.4 Å². The van der Waals surface area contributed by atoms with Gasteiger partial charge in [-0.25, -0.2) is 4.79 Å². The molecule has 0 aliphatic heterocycles. The van der Waals surface area contributed by atoms with Gasteiger partial charge in [0.25, 0.3) is 0 Å². The van der Waals surface area contributed by atoms with Gasteiger partial charge in [-0.05, 0) is 38.3 Å². The number of carbonyl (C=O) groups excluding carboxylic acids is 1. The molecule has 0 aromatic heterocycles. The van der Waals surface area contributed by atoms with Crippen LogP contribution in [-0.2, 0) is 4.79 Å². The summed E-state index contributed by atoms with van der Waals surface area (Å²) in [5.41, 5.74) is 0.680. The van der Waals surface area contributed by atoms with Gasteiger partial charge >= 0.3 is 12.0 Å². The summed E-state index contributed by atoms with van der Waals surface area (Å²) >= 11 is 1.58. The van der Waals surface area contributed by atoms with Crippen molar-refractivity contribution in [3.05, 3.63) is 24.3 Å². The Kier molecular flexibility index (Phi) is 5.69. The molecule has 0 fully saturated rings. The molecule has 1 rings (SSSR count). The van der Waals surface area contributed by atoms with Crippen molar-refractivity contribution in [3.8, 4) is 0 Å². The van der Waals surface area contributed by atoms with Crippen LogP contribution in [0.15, 0.2) is 29.2 Å². The highest BCUT2D eigenvalue weighted by Gasteiger charge is 2.20. The number of amides is 2. The molecule has 6 heteroatoms. The van der Waals surface area contributed by atoms with Crippen molar-refractivity contribution in [2.75, 3.05) is 11.6 Å². The Hall–Kier alpha value is -1.69. The highest BCUT2D eigenvalue weighted by molar-refractivity contribution is 7.98. The second-order valence-corrected chi connectivity index (χ2v) is 5.13. The van der Waals surface area contributed by atoms with E-state index in [4.69, 9.17) is 5.11 Å². The Balaban J connectivity index is 2.57. The zero-order valence-electron chi connectivity index (χ0n) is 11.1. The van der Waals surface area contributed by atoms with Gasteiger partial charge in [0.05, 0.1) is 5.92 Å². The lowest BCUT2D eigenvalue weighted by Gasteiger charge is -2.18. The van der Waals surface area contributed by atoms with Crippen molar-refractivity contribution in [1.29, 1.82) is 0 Å². The van der Waals surface area contributed by atoms with Crippen LogP contribution < -0.4 is 10.6 Å². The molecule has 0 aliphatic rings. The SMILES string of the molecule is CSc1cccc(NC(=O)NC(C)C(C)C(=O)O)c1. The van der Waals surface area contributed by atoms with Gasteiger partial charge in [-0.2, -0.15) is 0 Å². The van der Waals surface area contributed by atoms with Crippen molar-refractivity contribution >= 4 is 29.4 Å². The van der Waals surface area contributed by atoms with Gasteiger partial charge < -0.3 is 15.7 Å². The Morgan fingerprint density at radius 2 is 2.00 bits per heavy atom. The van der Waals surface area contributed by atoms with E-state index in [0.29, 0.717) is 5.69 Å². The quantitative estimate of drug-likeness (QED) is 0.725. The highest BCUT2D eigenvalue weighted by Crippen LogP contribution is 2.18. The summed E-state index contributed by atoms with van der Waals surface area (Å²) in [6, 6.07) is 6.59. The number of urea groups is 1. The summed E-state index contributed by atoms with van der Waals surface area (Å²) in [5, 5.41) is 14.1. The number of aliphatic carboxylic acids is 1. The highest BCUT2D eigenvalue weighted by atomic mass is 32.2. The first kappa shape index (κ1) is 15.4. The number of nitrogens with one attached hydrogen (secondary N) is 2. The lowest BCUT2D eigenvalue weighted by atomic mass is 10.0. The fraction of sp³-hybridized carbons (Fsp3) is 0.385. The molecule has 2 unspecified atom stereocenters. The fourth-order valence-electron chi connectivity index (χ4n) is 1.41. The normalized spacial score (nSPS) is 13.4. The van der Waals surface area contributed by atoms with E-state index in [1.54, 1.807) is 31.7 Å². The maximum absolute atomic E-state index is 11.7. The number of thioether (sulfide) groups is 1. The van der Waals surface area contributed by atoms with Crippen molar-refractivity contribution < 1.29 is 14.7 Å². The molecule has 1 aromatic rings. The van der Waals surface area contributed by atoms with E-state index >= 15 is 0 Å². The lowest BCUT2D eigenvalue weighted by Crippen LogP contribution is -2.42. The van der Waals surface area contributed by atoms with E-state index in [9.17, 15) is 9.59 Å². The van der Waals surface area contributed by atoms with Crippen LogP contribution in [0.5, 0.6) is 0 Å². The van der Waals surface area contributed by atoms with Crippen LogP contribution in [0.4, 0.5) is 10.5 Å². The second kappa shape index (κ2) is 7.04. The van der Waals surface area contributed by atoms with Gasteiger partial charge in [-0.1, -0.05) is 6.07 Å². The minimum absolute atomic E-state index is 0.404. The molecule has 0 aliphatic carbocycles. The molecule has 1 aromatic carbocycles. The van der Waals surface area contributed by atoms with Crippen LogP contribution in [0.1, 0.15) is 13.8 Å². The van der Waals surface area contributed by atoms with E-state index in [1.165, 1.54) is 0 Å². The van der Waals surface area contributed by atoms with Gasteiger partial charge in [-0.3, -0.25) is 4.79 Å². The van der Waals surface area contributed by atoms with E-state index in [0.717, 1.165) is 4.90 Å². The number of anilines is 1. The molecule has 2 atom stereocenters. The van der Waals surface area contributed by atoms with Crippen LogP contribution in [0.2, 0.25) is 0 Å². The average molecular weight is 282 g/mol. The standard InChI is InChI=1S/C13H18N2O3S/c1-8(12(16)17)9(2)14-13(18)15-10-5-4-6-11(7-10)19-3/h4-9H,1-3H3,(H,16,17)(H2,14,15,18). The molecule has 0 saturated carbocycles. The molecule has 5 nitrogen and oxygen atoms in total. The van der Waals surface area contributed by atoms with E-state index < -0.39 is 24.0 Å². The van der Waals surface area contributed by atoms with Gasteiger partial charge in [-0.15, -0.1) is 11.8 Å². The Labute approximate surface area is 116 Å². The van der Waals surface area contributed by atoms with E-state index in [-0.39, 0.29) is 0 Å². The molecule has 0 radical (unpaired) electrons. The van der Waals surface area contributed by atoms with Crippen molar-refractivity contribution in [2.45, 2.75) is 24.8 Å². The third-order valence-electron chi connectivity index (χ3n) is 2.83. The molecule has 0 bridgehead atoms. The smallest absolute Gasteiger partial charge is 0.319 e. The first-order valence-electron chi connectivity index (χ1n) is 5.88. The molecule has 0 saturated heterocycles. The van der Waals surface area contributed by atoms with Crippen molar-refractivity contribution in [1.82, 2.24) is 5.32 Å². The van der Waals surface area contributed by atoms with Crippen LogP contribution >= 0.6 is 11.8 Å². The summed E-state index contributed by atoms with van der Waals surface area (Å²) in [5.74, 6) is -1.57. The number of rotatable bonds is 5. The van der Waals surface area contributed by atoms with Gasteiger partial charge in [0.1, 0.15) is 0 Å². The van der Waals surface area contributed by atoms with Gasteiger partial charge in [0.2, 0.25) is 0 Å². The molecule has 0 heterocycles. The minimum Gasteiger partial charge on any atom is -0.481 e. The Morgan fingerprint density at radius 3 is 2.58 bits per heavy atom. The number of carboxylic acid groups (broad SMARTS) is 1. The predicted octanol–water partition coefficient (Wildman–Crippen LogP) is 2.64. The predicted molar refractivity (Wildman–Crippen MR) is 76.6 cm³/mol. The lowest BCUT2D eigenvalue weighted by molar-refractivity contribution is -0.141. The Bertz CT molecular complexity index is 465. The maximum atomic E-state index is 11.7. The molecule has 2 amide bonds. The van der Waals surface area contributed by atoms with E-state index in [1.807, 2.05) is 24.5 Å². The topological polar surface area (TPSA) is 78.4 Å². The van der Waals surface area contributed by atoms with Gasteiger partial charge in [0, 0.05) is 16.6 Å². The van der Waals surface area contributed by atoms with E-state index in [2.05, 4.69) is 10.6 Å².